The van der Waals surface area contributed by atoms with Crippen LogP contribution >= 0.6 is 0 Å². The van der Waals surface area contributed by atoms with Crippen LogP contribution in [0.25, 0.3) is 156 Å². The maximum Gasteiger partial charge on any atom is 0.126 e. The number of rotatable bonds is 11. The molecule has 16 aromatic rings. The molecule has 422 valence electrons. The molecular weight excluding hydrogens is 1110 g/mol. The zero-order valence-electron chi connectivity index (χ0n) is 48.2. The second kappa shape index (κ2) is 22.2. The molecule has 0 fully saturated rings. The van der Waals surface area contributed by atoms with Gasteiger partial charge in [0, 0.05) is 102 Å². The average molecular weight is 1160 g/mol. The molecule has 0 aliphatic carbocycles. The van der Waals surface area contributed by atoms with E-state index in [9.17, 15) is 5.26 Å². The van der Waals surface area contributed by atoms with Crippen LogP contribution < -0.4 is 0 Å². The summed E-state index contributed by atoms with van der Waals surface area (Å²) < 4.78 is 35.7. The predicted octanol–water partition coefficient (Wildman–Crippen LogP) is 20.6. The zero-order chi connectivity index (χ0) is 60.2. The van der Waals surface area contributed by atoms with Gasteiger partial charge in [-0.15, -0.1) is 0 Å². The van der Waals surface area contributed by atoms with E-state index in [4.69, 9.17) is 19.9 Å². The molecule has 0 saturated carbocycles. The number of nitriles is 1. The minimum absolute atomic E-state index is 0.227. The number of nitrogens with zero attached hydrogens (tertiary/aromatic N) is 7. The van der Waals surface area contributed by atoms with Gasteiger partial charge in [0.05, 0.1) is 67.8 Å². The molecule has 0 spiro atoms. The van der Waals surface area contributed by atoms with Gasteiger partial charge in [0.1, 0.15) is 11.6 Å². The van der Waals surface area contributed by atoms with Crippen LogP contribution in [-0.2, 0) is 0 Å². The summed E-state index contributed by atoms with van der Waals surface area (Å²) in [5.74, 6) is -1.51. The molecular formula is C81H49F2N7. The predicted molar refractivity (Wildman–Crippen MR) is 360 cm³/mol. The molecule has 0 amide bonds. The third kappa shape index (κ3) is 9.26. The summed E-state index contributed by atoms with van der Waals surface area (Å²) >= 11 is 0. The highest BCUT2D eigenvalue weighted by molar-refractivity contribution is 6.15. The van der Waals surface area contributed by atoms with Crippen molar-refractivity contribution in [3.8, 4) is 118 Å². The molecule has 0 bridgehead atoms. The van der Waals surface area contributed by atoms with Crippen molar-refractivity contribution in [2.24, 2.45) is 0 Å². The summed E-state index contributed by atoms with van der Waals surface area (Å²) in [6.07, 6.45) is 7.31. The molecule has 0 atom stereocenters. The summed E-state index contributed by atoms with van der Waals surface area (Å²) in [4.78, 5) is 19.8. The van der Waals surface area contributed by atoms with Gasteiger partial charge in [-0.1, -0.05) is 170 Å². The van der Waals surface area contributed by atoms with Gasteiger partial charge < -0.3 is 9.13 Å². The quantitative estimate of drug-likeness (QED) is 0.129. The minimum Gasteiger partial charge on any atom is -0.307 e. The first kappa shape index (κ1) is 53.2. The average Bonchev–Trinajstić information content (AvgIpc) is 1.57. The standard InChI is InChI=1S/C81H49F2N7/c82-61-41-59(42-62(83)48-61)67-49-77(90-74-35-31-57(65-27-15-39-87-80(65)53-21-9-3-10-22-53)45-70(74)71-46-58(32-36-75(71)90)66-28-16-40-88-81(66)54-23-11-4-12-24-54)76(47-60(67)50-84)89-72-33-29-55(63-25-13-37-85-78(63)51-17-5-1-6-18-51)43-68(72)69-44-56(30-34-73(69)89)64-26-14-38-86-79(64)52-19-7-2-8-20-52/h1-49H. The van der Waals surface area contributed by atoms with Gasteiger partial charge >= 0.3 is 0 Å². The number of fused-ring (bicyclic) bond motifs is 6. The molecule has 0 aliphatic rings. The highest BCUT2D eigenvalue weighted by Gasteiger charge is 2.26. The van der Waals surface area contributed by atoms with E-state index >= 15 is 8.78 Å². The third-order valence-electron chi connectivity index (χ3n) is 17.1. The number of hydrogen-bond donors (Lipinski definition) is 0. The van der Waals surface area contributed by atoms with Gasteiger partial charge in [0.2, 0.25) is 0 Å². The Hall–Kier alpha value is -12.3. The lowest BCUT2D eigenvalue weighted by molar-refractivity contribution is 0.584. The fourth-order valence-corrected chi connectivity index (χ4v) is 13.1. The van der Waals surface area contributed by atoms with Crippen LogP contribution in [-0.4, -0.2) is 29.1 Å². The zero-order valence-corrected chi connectivity index (χ0v) is 48.2. The smallest absolute Gasteiger partial charge is 0.126 e. The Labute approximate surface area is 517 Å². The summed E-state index contributed by atoms with van der Waals surface area (Å²) in [6.45, 7) is 0. The Balaban J connectivity index is 1.01. The topological polar surface area (TPSA) is 85.2 Å². The van der Waals surface area contributed by atoms with E-state index in [0.29, 0.717) is 16.9 Å². The first-order chi connectivity index (χ1) is 44.4. The van der Waals surface area contributed by atoms with Crippen LogP contribution in [0.5, 0.6) is 0 Å². The van der Waals surface area contributed by atoms with Gasteiger partial charge in [-0.3, -0.25) is 19.9 Å². The molecule has 0 aliphatic heterocycles. The van der Waals surface area contributed by atoms with Crippen molar-refractivity contribution in [1.29, 1.82) is 5.26 Å². The van der Waals surface area contributed by atoms with Crippen molar-refractivity contribution >= 4 is 43.6 Å². The molecule has 16 rings (SSSR count). The maximum atomic E-state index is 15.6. The fourth-order valence-electron chi connectivity index (χ4n) is 13.1. The highest BCUT2D eigenvalue weighted by Crippen LogP contribution is 2.46. The largest absolute Gasteiger partial charge is 0.307 e. The van der Waals surface area contributed by atoms with Crippen LogP contribution in [0, 0.1) is 23.0 Å². The van der Waals surface area contributed by atoms with E-state index < -0.39 is 11.6 Å². The Morgan fingerprint density at radius 3 is 0.867 bits per heavy atom. The van der Waals surface area contributed by atoms with E-state index in [1.165, 1.54) is 12.1 Å². The first-order valence-corrected chi connectivity index (χ1v) is 29.7. The number of halogens is 2. The number of benzene rings is 10. The van der Waals surface area contributed by atoms with E-state index in [0.717, 1.165) is 139 Å². The molecule has 0 unspecified atom stereocenters. The van der Waals surface area contributed by atoms with Gasteiger partial charge in [0.25, 0.3) is 0 Å². The molecule has 0 N–H and O–H groups in total. The molecule has 6 heterocycles. The lowest BCUT2D eigenvalue weighted by atomic mass is 9.96. The lowest BCUT2D eigenvalue weighted by Crippen LogP contribution is -2.06. The highest BCUT2D eigenvalue weighted by atomic mass is 19.1. The second-order valence-corrected chi connectivity index (χ2v) is 22.3. The minimum atomic E-state index is -0.755. The summed E-state index contributed by atoms with van der Waals surface area (Å²) in [5, 5.41) is 15.2. The Kier molecular flexibility index (Phi) is 13.2. The third-order valence-corrected chi connectivity index (χ3v) is 17.1. The molecule has 7 nitrogen and oxygen atoms in total. The molecule has 90 heavy (non-hydrogen) atoms. The van der Waals surface area contributed by atoms with E-state index in [2.05, 4.69) is 161 Å². The van der Waals surface area contributed by atoms with Crippen LogP contribution in [0.2, 0.25) is 0 Å². The summed E-state index contributed by atoms with van der Waals surface area (Å²) in [6, 6.07) is 93.0. The van der Waals surface area contributed by atoms with Crippen molar-refractivity contribution in [3.63, 3.8) is 0 Å². The second-order valence-electron chi connectivity index (χ2n) is 22.3. The Bertz CT molecular complexity index is 5220. The molecule has 6 aromatic heterocycles. The van der Waals surface area contributed by atoms with Crippen LogP contribution in [0.1, 0.15) is 5.56 Å². The van der Waals surface area contributed by atoms with Crippen molar-refractivity contribution in [2.75, 3.05) is 0 Å². The molecule has 9 heteroatoms. The Morgan fingerprint density at radius 2 is 0.567 bits per heavy atom. The molecule has 0 radical (unpaired) electrons. The van der Waals surface area contributed by atoms with Crippen molar-refractivity contribution < 1.29 is 8.78 Å². The maximum absolute atomic E-state index is 15.6. The molecule has 10 aromatic carbocycles. The lowest BCUT2D eigenvalue weighted by Gasteiger charge is -2.20. The normalized spacial score (nSPS) is 11.4. The summed E-state index contributed by atoms with van der Waals surface area (Å²) in [5.41, 5.74) is 20.7. The van der Waals surface area contributed by atoms with Crippen molar-refractivity contribution in [3.05, 3.63) is 315 Å². The van der Waals surface area contributed by atoms with Gasteiger partial charge in [-0.2, -0.15) is 5.26 Å². The number of aromatic nitrogens is 6. The number of pyridine rings is 4. The van der Waals surface area contributed by atoms with Crippen LogP contribution in [0.15, 0.2) is 298 Å². The van der Waals surface area contributed by atoms with Crippen molar-refractivity contribution in [2.45, 2.75) is 0 Å². The van der Waals surface area contributed by atoms with E-state index in [1.54, 1.807) is 0 Å². The SMILES string of the molecule is N#Cc1cc(-n2c3ccc(-c4cccnc4-c4ccccc4)cc3c3cc(-c4cccnc4-c4ccccc4)ccc32)c(-n2c3ccc(-c4cccnc4-c4ccccc4)cc3c3cc(-c4cccnc4-c4ccccc4)ccc32)cc1-c1cc(F)cc(F)c1. The van der Waals surface area contributed by atoms with Crippen molar-refractivity contribution in [1.82, 2.24) is 29.1 Å². The van der Waals surface area contributed by atoms with Gasteiger partial charge in [-0.05, 0) is 125 Å². The van der Waals surface area contributed by atoms with Crippen LogP contribution in [0.3, 0.4) is 0 Å². The fraction of sp³-hybridized carbons (Fsp3) is 0. The summed E-state index contributed by atoms with van der Waals surface area (Å²) in [7, 11) is 0. The van der Waals surface area contributed by atoms with E-state index in [-0.39, 0.29) is 11.1 Å². The van der Waals surface area contributed by atoms with Gasteiger partial charge in [0.15, 0.2) is 0 Å². The van der Waals surface area contributed by atoms with Gasteiger partial charge in [-0.25, -0.2) is 8.78 Å². The number of hydrogen-bond acceptors (Lipinski definition) is 5. The monoisotopic (exact) mass is 1160 g/mol. The van der Waals surface area contributed by atoms with Crippen LogP contribution in [0.4, 0.5) is 8.78 Å². The molecule has 0 saturated heterocycles. The van der Waals surface area contributed by atoms with E-state index in [1.807, 2.05) is 134 Å². The Morgan fingerprint density at radius 1 is 0.267 bits per heavy atom. The first-order valence-electron chi connectivity index (χ1n) is 29.7.